The summed E-state index contributed by atoms with van der Waals surface area (Å²) in [4.78, 5) is 3.99. The SMILES string of the molecule is CN[C@@H]1[C@H](O)[C@H](NC)[C@H]2O[C@]3(O)[C@H](O[C@@H]2[C@H]1O)O[C@H](C)C[C@@]3(O)CNCc1ccncc1. The normalized spacial score (nSPS) is 46.3. The maximum absolute atomic E-state index is 11.6. The minimum absolute atomic E-state index is 0.00520. The zero-order valence-electron chi connectivity index (χ0n) is 18.5. The van der Waals surface area contributed by atoms with Crippen LogP contribution in [0.3, 0.4) is 0 Å². The number of hydrogen-bond acceptors (Lipinski definition) is 11. The van der Waals surface area contributed by atoms with Gasteiger partial charge in [0.25, 0.3) is 0 Å². The molecular weight excluding hydrogens is 420 g/mol. The zero-order chi connectivity index (χ0) is 23.1. The highest BCUT2D eigenvalue weighted by Gasteiger charge is 2.68. The number of pyridine rings is 1. The molecule has 11 heteroatoms. The highest BCUT2D eigenvalue weighted by molar-refractivity contribution is 5.13. The van der Waals surface area contributed by atoms with E-state index in [-0.39, 0.29) is 13.0 Å². The minimum Gasteiger partial charge on any atom is -0.390 e. The van der Waals surface area contributed by atoms with Crippen molar-refractivity contribution in [2.45, 2.75) is 80.2 Å². The number of fused-ring (bicyclic) bond motifs is 2. The molecule has 3 heterocycles. The van der Waals surface area contributed by atoms with Crippen LogP contribution >= 0.6 is 0 Å². The number of likely N-dealkylation sites (N-methyl/N-ethyl adjacent to an activating group) is 2. The van der Waals surface area contributed by atoms with Crippen LogP contribution < -0.4 is 16.0 Å². The number of rotatable bonds is 6. The number of aliphatic hydroxyl groups is 4. The van der Waals surface area contributed by atoms with Gasteiger partial charge in [0.05, 0.1) is 24.3 Å². The van der Waals surface area contributed by atoms with Crippen molar-refractivity contribution in [3.05, 3.63) is 30.1 Å². The molecule has 1 aromatic heterocycles. The molecule has 2 saturated heterocycles. The van der Waals surface area contributed by atoms with Gasteiger partial charge in [-0.1, -0.05) is 0 Å². The number of ether oxygens (including phenoxy) is 3. The third kappa shape index (κ3) is 3.96. The van der Waals surface area contributed by atoms with Gasteiger partial charge in [0, 0.05) is 31.9 Å². The van der Waals surface area contributed by atoms with Crippen molar-refractivity contribution < 1.29 is 34.6 Å². The van der Waals surface area contributed by atoms with E-state index in [0.29, 0.717) is 6.54 Å². The van der Waals surface area contributed by atoms with Crippen molar-refractivity contribution in [1.29, 1.82) is 0 Å². The molecule has 32 heavy (non-hydrogen) atoms. The lowest BCUT2D eigenvalue weighted by Crippen LogP contribution is -2.81. The standard InChI is InChI=1S/C21H34N4O7/c1-11-8-20(28,10-25-9-12-4-6-24-7-5-12)21(29)19(30-11)31-18-16(27)13(22-2)15(26)14(23-3)17(18)32-21/h4-7,11,13-19,22-23,25-29H,8-10H2,1-3H3/t11-,13-,14+,15+,16+,17-,18-,19+,20-,21-/m1/s1. The third-order valence-corrected chi connectivity index (χ3v) is 6.84. The van der Waals surface area contributed by atoms with Crippen LogP contribution in [-0.4, -0.2) is 106 Å². The Morgan fingerprint density at radius 3 is 2.38 bits per heavy atom. The Kier molecular flexibility index (Phi) is 6.86. The van der Waals surface area contributed by atoms with E-state index < -0.39 is 60.3 Å². The highest BCUT2D eigenvalue weighted by atomic mass is 16.8. The molecule has 180 valence electrons. The molecule has 7 N–H and O–H groups in total. The van der Waals surface area contributed by atoms with Crippen LogP contribution in [-0.2, 0) is 20.8 Å². The number of nitrogens with zero attached hydrogens (tertiary/aromatic N) is 1. The molecule has 0 amide bonds. The van der Waals surface area contributed by atoms with Crippen LogP contribution in [0.1, 0.15) is 18.9 Å². The topological polar surface area (TPSA) is 158 Å². The summed E-state index contributed by atoms with van der Waals surface area (Å²) < 4.78 is 17.9. The first-order valence-electron chi connectivity index (χ1n) is 11.0. The third-order valence-electron chi connectivity index (χ3n) is 6.84. The van der Waals surface area contributed by atoms with Gasteiger partial charge in [-0.05, 0) is 38.7 Å². The lowest BCUT2D eigenvalue weighted by atomic mass is 9.77. The molecule has 0 aromatic carbocycles. The van der Waals surface area contributed by atoms with Crippen molar-refractivity contribution in [2.24, 2.45) is 0 Å². The van der Waals surface area contributed by atoms with Gasteiger partial charge in [0.15, 0.2) is 0 Å². The van der Waals surface area contributed by atoms with Gasteiger partial charge >= 0.3 is 0 Å². The van der Waals surface area contributed by atoms with Crippen LogP contribution in [0.5, 0.6) is 0 Å². The summed E-state index contributed by atoms with van der Waals surface area (Å²) in [7, 11) is 3.29. The Hall–Kier alpha value is -1.25. The summed E-state index contributed by atoms with van der Waals surface area (Å²) in [6, 6.07) is 2.36. The summed E-state index contributed by atoms with van der Waals surface area (Å²) in [6.45, 7) is 2.23. The fourth-order valence-electron chi connectivity index (χ4n) is 5.14. The summed E-state index contributed by atoms with van der Waals surface area (Å²) in [5, 5.41) is 53.8. The molecule has 3 fully saturated rings. The predicted octanol–water partition coefficient (Wildman–Crippen LogP) is -2.58. The quantitative estimate of drug-likeness (QED) is 0.242. The van der Waals surface area contributed by atoms with Crippen LogP contribution in [0.15, 0.2) is 24.5 Å². The number of nitrogens with one attached hydrogen (secondary N) is 3. The van der Waals surface area contributed by atoms with Crippen LogP contribution in [0.4, 0.5) is 0 Å². The smallest absolute Gasteiger partial charge is 0.249 e. The van der Waals surface area contributed by atoms with E-state index >= 15 is 0 Å². The van der Waals surface area contributed by atoms with E-state index in [1.807, 2.05) is 12.1 Å². The fourth-order valence-corrected chi connectivity index (χ4v) is 5.14. The van der Waals surface area contributed by atoms with Crippen LogP contribution in [0.25, 0.3) is 0 Å². The summed E-state index contributed by atoms with van der Waals surface area (Å²) >= 11 is 0. The number of aromatic nitrogens is 1. The number of hydrogen-bond donors (Lipinski definition) is 7. The van der Waals surface area contributed by atoms with Crippen molar-refractivity contribution in [3.63, 3.8) is 0 Å². The predicted molar refractivity (Wildman–Crippen MR) is 112 cm³/mol. The maximum atomic E-state index is 11.6. The van der Waals surface area contributed by atoms with E-state index in [9.17, 15) is 20.4 Å². The van der Waals surface area contributed by atoms with Crippen LogP contribution in [0, 0.1) is 0 Å². The lowest BCUT2D eigenvalue weighted by molar-refractivity contribution is -0.482. The van der Waals surface area contributed by atoms with Gasteiger partial charge in [-0.2, -0.15) is 0 Å². The molecule has 11 nitrogen and oxygen atoms in total. The molecule has 3 aliphatic rings. The average Bonchev–Trinajstić information content (AvgIpc) is 2.75. The molecule has 10 atom stereocenters. The van der Waals surface area contributed by atoms with Crippen molar-refractivity contribution in [1.82, 2.24) is 20.9 Å². The molecular formula is C21H34N4O7. The van der Waals surface area contributed by atoms with Gasteiger partial charge in [0.2, 0.25) is 12.1 Å². The average molecular weight is 455 g/mol. The Morgan fingerprint density at radius 2 is 1.72 bits per heavy atom. The molecule has 2 aliphatic heterocycles. The molecule has 1 saturated carbocycles. The summed E-state index contributed by atoms with van der Waals surface area (Å²) in [5.41, 5.74) is -0.776. The number of aliphatic hydroxyl groups excluding tert-OH is 2. The Labute approximate surface area is 187 Å². The van der Waals surface area contributed by atoms with Gasteiger partial charge in [-0.3, -0.25) is 4.98 Å². The Morgan fingerprint density at radius 1 is 1.03 bits per heavy atom. The lowest BCUT2D eigenvalue weighted by Gasteiger charge is -2.60. The molecule has 0 bridgehead atoms. The first-order chi connectivity index (χ1) is 15.2. The maximum Gasteiger partial charge on any atom is 0.249 e. The largest absolute Gasteiger partial charge is 0.390 e. The molecule has 1 aliphatic carbocycles. The molecule has 0 spiro atoms. The monoisotopic (exact) mass is 454 g/mol. The van der Waals surface area contributed by atoms with E-state index in [0.717, 1.165) is 5.56 Å². The van der Waals surface area contributed by atoms with Crippen molar-refractivity contribution >= 4 is 0 Å². The second-order valence-electron chi connectivity index (χ2n) is 8.96. The van der Waals surface area contributed by atoms with Crippen LogP contribution in [0.2, 0.25) is 0 Å². The van der Waals surface area contributed by atoms with E-state index in [4.69, 9.17) is 14.2 Å². The molecule has 1 aromatic rings. The minimum atomic E-state index is -2.22. The van der Waals surface area contributed by atoms with Gasteiger partial charge in [-0.15, -0.1) is 0 Å². The van der Waals surface area contributed by atoms with Gasteiger partial charge in [-0.25, -0.2) is 0 Å². The van der Waals surface area contributed by atoms with E-state index in [1.54, 1.807) is 33.4 Å². The second-order valence-corrected chi connectivity index (χ2v) is 8.96. The second kappa shape index (κ2) is 9.18. The zero-order valence-corrected chi connectivity index (χ0v) is 18.5. The fraction of sp³-hybridized carbons (Fsp3) is 0.762. The van der Waals surface area contributed by atoms with Gasteiger partial charge < -0.3 is 50.6 Å². The van der Waals surface area contributed by atoms with Crippen molar-refractivity contribution in [2.75, 3.05) is 20.6 Å². The summed E-state index contributed by atoms with van der Waals surface area (Å²) in [6.07, 6.45) is -2.25. The molecule has 0 radical (unpaired) electrons. The first-order valence-corrected chi connectivity index (χ1v) is 11.0. The highest BCUT2D eigenvalue weighted by Crippen LogP contribution is 2.46. The molecule has 4 rings (SSSR count). The molecule has 0 unspecified atom stereocenters. The Bertz CT molecular complexity index is 776. The summed E-state index contributed by atoms with van der Waals surface area (Å²) in [5.74, 6) is -2.22. The van der Waals surface area contributed by atoms with E-state index in [2.05, 4.69) is 20.9 Å². The Balaban J connectivity index is 1.57. The van der Waals surface area contributed by atoms with Gasteiger partial charge in [0.1, 0.15) is 23.9 Å². The van der Waals surface area contributed by atoms with E-state index in [1.165, 1.54) is 0 Å². The first kappa shape index (κ1) is 23.9. The van der Waals surface area contributed by atoms with Crippen molar-refractivity contribution in [3.8, 4) is 0 Å².